The molecule has 0 fully saturated rings. The summed E-state index contributed by atoms with van der Waals surface area (Å²) in [6.07, 6.45) is -1.25. The van der Waals surface area contributed by atoms with Crippen molar-refractivity contribution >= 4 is 11.6 Å². The van der Waals surface area contributed by atoms with Gasteiger partial charge in [-0.05, 0) is 82.3 Å². The Morgan fingerprint density at radius 2 is 1.79 bits per heavy atom. The van der Waals surface area contributed by atoms with Gasteiger partial charge in [-0.3, -0.25) is 9.20 Å². The number of carbonyl (C=O) groups is 1. The van der Waals surface area contributed by atoms with E-state index < -0.39 is 29.2 Å². The topological polar surface area (TPSA) is 76.7 Å². The summed E-state index contributed by atoms with van der Waals surface area (Å²) in [5.41, 5.74) is 2.48. The number of halogens is 2. The quantitative estimate of drug-likeness (QED) is 0.508. The van der Waals surface area contributed by atoms with Crippen molar-refractivity contribution in [2.24, 2.45) is 5.41 Å². The number of carbonyl (C=O) groups excluding carboxylic acids is 1. The monoisotopic (exact) mass is 459 g/mol. The molecule has 0 aliphatic carbocycles. The van der Waals surface area contributed by atoms with Crippen LogP contribution in [0.25, 0.3) is 5.65 Å². The van der Waals surface area contributed by atoms with Crippen LogP contribution in [0.4, 0.5) is 8.78 Å². The summed E-state index contributed by atoms with van der Waals surface area (Å²) in [6.45, 7) is 12.6. The molecule has 0 aliphatic heterocycles. The highest BCUT2D eigenvalue weighted by Crippen LogP contribution is 2.44. The van der Waals surface area contributed by atoms with Gasteiger partial charge < -0.3 is 9.84 Å². The summed E-state index contributed by atoms with van der Waals surface area (Å²) in [7, 11) is 0. The first-order chi connectivity index (χ1) is 15.3. The molecule has 2 heterocycles. The van der Waals surface area contributed by atoms with E-state index >= 15 is 0 Å². The van der Waals surface area contributed by atoms with Crippen LogP contribution < -0.4 is 0 Å². The molecule has 0 saturated carbocycles. The van der Waals surface area contributed by atoms with E-state index in [0.29, 0.717) is 11.2 Å². The summed E-state index contributed by atoms with van der Waals surface area (Å²) in [5.74, 6) is -1.31. The highest BCUT2D eigenvalue weighted by Gasteiger charge is 2.43. The van der Waals surface area contributed by atoms with Crippen molar-refractivity contribution < 1.29 is 23.4 Å². The fourth-order valence-electron chi connectivity index (χ4n) is 4.13. The van der Waals surface area contributed by atoms with Gasteiger partial charge in [0.1, 0.15) is 5.60 Å². The largest absolute Gasteiger partial charge is 0.460 e. The van der Waals surface area contributed by atoms with Crippen molar-refractivity contribution in [3.63, 3.8) is 0 Å². The van der Waals surface area contributed by atoms with Crippen LogP contribution in [0.2, 0.25) is 0 Å². The standard InChI is InChI=1S/C25H31F2N3O3/c1-14-8-9-16(12-17(14)13-31)19(25(6,7)23(32)33-24(3,4)5)18-10-11-30-21(15(18)2)28-29-22(30)20(26)27/h8-12,19-20,31H,13H2,1-7H3. The number of alkyl halides is 2. The van der Waals surface area contributed by atoms with E-state index in [2.05, 4.69) is 10.2 Å². The van der Waals surface area contributed by atoms with Crippen molar-refractivity contribution in [2.75, 3.05) is 0 Å². The molecular formula is C25H31F2N3O3. The summed E-state index contributed by atoms with van der Waals surface area (Å²) in [4.78, 5) is 13.4. The number of hydrogen-bond donors (Lipinski definition) is 1. The van der Waals surface area contributed by atoms with E-state index in [0.717, 1.165) is 22.3 Å². The van der Waals surface area contributed by atoms with Crippen LogP contribution in [-0.2, 0) is 16.1 Å². The molecular weight excluding hydrogens is 428 g/mol. The maximum Gasteiger partial charge on any atom is 0.312 e. The third-order valence-corrected chi connectivity index (χ3v) is 5.92. The first-order valence-electron chi connectivity index (χ1n) is 10.8. The number of pyridine rings is 1. The molecule has 0 spiro atoms. The Kier molecular flexibility index (Phi) is 6.62. The minimum atomic E-state index is -2.76. The van der Waals surface area contributed by atoms with Crippen molar-refractivity contribution in [2.45, 2.75) is 73.0 Å². The Morgan fingerprint density at radius 1 is 1.12 bits per heavy atom. The van der Waals surface area contributed by atoms with E-state index in [9.17, 15) is 18.7 Å². The van der Waals surface area contributed by atoms with Gasteiger partial charge in [-0.15, -0.1) is 10.2 Å². The van der Waals surface area contributed by atoms with E-state index in [1.54, 1.807) is 13.0 Å². The lowest BCUT2D eigenvalue weighted by Gasteiger charge is -2.36. The minimum Gasteiger partial charge on any atom is -0.460 e. The number of aliphatic hydroxyl groups excluding tert-OH is 1. The van der Waals surface area contributed by atoms with E-state index in [-0.39, 0.29) is 12.6 Å². The van der Waals surface area contributed by atoms with Crippen molar-refractivity contribution in [1.82, 2.24) is 14.6 Å². The zero-order valence-corrected chi connectivity index (χ0v) is 20.1. The summed E-state index contributed by atoms with van der Waals surface area (Å²) >= 11 is 0. The molecule has 3 rings (SSSR count). The molecule has 6 nitrogen and oxygen atoms in total. The molecule has 0 aliphatic rings. The zero-order chi connectivity index (χ0) is 24.7. The van der Waals surface area contributed by atoms with Crippen LogP contribution in [0.5, 0.6) is 0 Å². The second-order valence-corrected chi connectivity index (χ2v) is 9.95. The van der Waals surface area contributed by atoms with Crippen molar-refractivity contribution in [3.05, 3.63) is 64.1 Å². The maximum atomic E-state index is 13.4. The maximum absolute atomic E-state index is 13.4. The molecule has 1 N–H and O–H groups in total. The van der Waals surface area contributed by atoms with Crippen LogP contribution in [0, 0.1) is 19.3 Å². The Balaban J connectivity index is 2.25. The van der Waals surface area contributed by atoms with Gasteiger partial charge in [0, 0.05) is 12.1 Å². The van der Waals surface area contributed by atoms with Gasteiger partial charge >= 0.3 is 5.97 Å². The number of esters is 1. The number of benzene rings is 1. The molecule has 178 valence electrons. The number of aliphatic hydroxyl groups is 1. The van der Waals surface area contributed by atoms with Gasteiger partial charge in [0.2, 0.25) is 5.82 Å². The lowest BCUT2D eigenvalue weighted by atomic mass is 9.70. The lowest BCUT2D eigenvalue weighted by molar-refractivity contribution is -0.166. The number of aromatic nitrogens is 3. The molecule has 0 radical (unpaired) electrons. The molecule has 1 unspecified atom stereocenters. The molecule has 8 heteroatoms. The van der Waals surface area contributed by atoms with Gasteiger partial charge in [0.05, 0.1) is 12.0 Å². The number of aryl methyl sites for hydroxylation is 2. The Hall–Kier alpha value is -2.87. The molecule has 3 aromatic rings. The Labute approximate surface area is 192 Å². The first-order valence-corrected chi connectivity index (χ1v) is 10.8. The van der Waals surface area contributed by atoms with Crippen molar-refractivity contribution in [3.8, 4) is 0 Å². The number of ether oxygens (including phenoxy) is 1. The van der Waals surface area contributed by atoms with Gasteiger partial charge in [-0.2, -0.15) is 0 Å². The van der Waals surface area contributed by atoms with Crippen molar-refractivity contribution in [1.29, 1.82) is 0 Å². The predicted molar refractivity (Wildman–Crippen MR) is 121 cm³/mol. The van der Waals surface area contributed by atoms with Crippen LogP contribution in [0.3, 0.4) is 0 Å². The van der Waals surface area contributed by atoms with E-state index in [1.165, 1.54) is 10.6 Å². The average Bonchev–Trinajstić information content (AvgIpc) is 3.15. The van der Waals surface area contributed by atoms with Crippen LogP contribution >= 0.6 is 0 Å². The van der Waals surface area contributed by atoms with Crippen LogP contribution in [0.15, 0.2) is 30.5 Å². The number of rotatable bonds is 6. The highest BCUT2D eigenvalue weighted by molar-refractivity contribution is 5.79. The number of nitrogens with zero attached hydrogens (tertiary/aromatic N) is 3. The SMILES string of the molecule is Cc1ccc(C(c2ccn3c(C(F)F)nnc3c2C)C(C)(C)C(=O)OC(C)(C)C)cc1CO. The van der Waals surface area contributed by atoms with Crippen LogP contribution in [0.1, 0.15) is 80.6 Å². The molecule has 1 atom stereocenters. The molecule has 0 bridgehead atoms. The smallest absolute Gasteiger partial charge is 0.312 e. The van der Waals surface area contributed by atoms with E-state index in [4.69, 9.17) is 4.74 Å². The lowest BCUT2D eigenvalue weighted by Crippen LogP contribution is -2.38. The third kappa shape index (κ3) is 4.76. The number of hydrogen-bond acceptors (Lipinski definition) is 5. The fourth-order valence-corrected chi connectivity index (χ4v) is 4.13. The summed E-state index contributed by atoms with van der Waals surface area (Å²) in [6, 6.07) is 7.43. The molecule has 1 aromatic carbocycles. The van der Waals surface area contributed by atoms with Gasteiger partial charge in [-0.25, -0.2) is 8.78 Å². The predicted octanol–water partition coefficient (Wildman–Crippen LogP) is 5.28. The molecule has 2 aromatic heterocycles. The second-order valence-electron chi connectivity index (χ2n) is 9.95. The second kappa shape index (κ2) is 8.82. The molecule has 33 heavy (non-hydrogen) atoms. The molecule has 0 saturated heterocycles. The van der Waals surface area contributed by atoms with Gasteiger partial charge in [0.25, 0.3) is 6.43 Å². The summed E-state index contributed by atoms with van der Waals surface area (Å²) in [5, 5.41) is 17.5. The number of fused-ring (bicyclic) bond motifs is 1. The minimum absolute atomic E-state index is 0.140. The highest BCUT2D eigenvalue weighted by atomic mass is 19.3. The zero-order valence-electron chi connectivity index (χ0n) is 20.1. The van der Waals surface area contributed by atoms with E-state index in [1.807, 2.05) is 59.7 Å². The summed E-state index contributed by atoms with van der Waals surface area (Å²) < 4.78 is 33.7. The normalized spacial score (nSPS) is 13.5. The van der Waals surface area contributed by atoms with Gasteiger partial charge in [-0.1, -0.05) is 18.2 Å². The molecule has 0 amide bonds. The first kappa shape index (κ1) is 24.8. The Morgan fingerprint density at radius 3 is 2.36 bits per heavy atom. The Bertz CT molecular complexity index is 1180. The van der Waals surface area contributed by atoms with Crippen LogP contribution in [-0.4, -0.2) is 31.3 Å². The average molecular weight is 460 g/mol. The third-order valence-electron chi connectivity index (χ3n) is 5.92. The fraction of sp³-hybridized carbons (Fsp3) is 0.480. The van der Waals surface area contributed by atoms with Gasteiger partial charge in [0.15, 0.2) is 5.65 Å².